The lowest BCUT2D eigenvalue weighted by Gasteiger charge is -2.34. The van der Waals surface area contributed by atoms with Gasteiger partial charge in [-0.3, -0.25) is 9.62 Å². The number of hydrogen-bond donors (Lipinski definition) is 2. The molecule has 3 aliphatic rings. The van der Waals surface area contributed by atoms with Gasteiger partial charge >= 0.3 is 0 Å². The van der Waals surface area contributed by atoms with Crippen molar-refractivity contribution >= 4 is 15.7 Å². The molecule has 3 saturated heterocycles. The van der Waals surface area contributed by atoms with E-state index in [-0.39, 0.29) is 5.25 Å². The van der Waals surface area contributed by atoms with Gasteiger partial charge in [-0.2, -0.15) is 0 Å². The molecule has 0 bridgehead atoms. The highest BCUT2D eigenvalue weighted by Crippen LogP contribution is 2.40. The molecule has 1 aromatic rings. The van der Waals surface area contributed by atoms with Crippen molar-refractivity contribution in [1.29, 1.82) is 0 Å². The highest BCUT2D eigenvalue weighted by molar-refractivity contribution is 7.93. The molecule has 0 amide bonds. The summed E-state index contributed by atoms with van der Waals surface area (Å²) in [6.45, 7) is 2.67. The average molecular weight is 364 g/mol. The molecule has 0 radical (unpaired) electrons. The fourth-order valence-corrected chi connectivity index (χ4v) is 6.17. The molecule has 5 nitrogen and oxygen atoms in total. The number of nitrogens with zero attached hydrogens (tertiary/aromatic N) is 1. The lowest BCUT2D eigenvalue weighted by atomic mass is 10.0. The van der Waals surface area contributed by atoms with Crippen LogP contribution >= 0.6 is 0 Å². The van der Waals surface area contributed by atoms with Gasteiger partial charge in [-0.1, -0.05) is 18.6 Å². The number of rotatable bonds is 4. The van der Waals surface area contributed by atoms with Crippen LogP contribution in [0.15, 0.2) is 24.3 Å². The second kappa shape index (κ2) is 7.25. The maximum Gasteiger partial charge on any atom is 0.236 e. The van der Waals surface area contributed by atoms with Gasteiger partial charge in [0.15, 0.2) is 0 Å². The number of nitrogens with one attached hydrogen (secondary N) is 2. The normalized spacial score (nSPS) is 30.8. The van der Waals surface area contributed by atoms with Crippen molar-refractivity contribution in [2.75, 3.05) is 24.4 Å². The third kappa shape index (κ3) is 3.71. The van der Waals surface area contributed by atoms with Crippen molar-refractivity contribution in [2.45, 2.75) is 62.3 Å². The van der Waals surface area contributed by atoms with E-state index in [0.717, 1.165) is 25.4 Å². The van der Waals surface area contributed by atoms with Crippen LogP contribution in [-0.2, 0) is 10.0 Å². The van der Waals surface area contributed by atoms with Crippen molar-refractivity contribution < 1.29 is 8.42 Å². The zero-order chi connectivity index (χ0) is 17.3. The molecule has 0 aliphatic carbocycles. The molecule has 6 heteroatoms. The Hall–Kier alpha value is -1.11. The van der Waals surface area contributed by atoms with Crippen LogP contribution in [0.5, 0.6) is 0 Å². The predicted octanol–water partition coefficient (Wildman–Crippen LogP) is 2.87. The summed E-state index contributed by atoms with van der Waals surface area (Å²) in [5.74, 6) is 0. The molecule has 1 unspecified atom stereocenters. The van der Waals surface area contributed by atoms with Gasteiger partial charge in [0.05, 0.1) is 5.25 Å². The van der Waals surface area contributed by atoms with Crippen LogP contribution in [-0.4, -0.2) is 44.2 Å². The van der Waals surface area contributed by atoms with Crippen molar-refractivity contribution in [3.8, 4) is 0 Å². The number of piperidine rings is 2. The first-order chi connectivity index (χ1) is 12.1. The summed E-state index contributed by atoms with van der Waals surface area (Å²) in [5, 5.41) is 2.85. The maximum atomic E-state index is 12.5. The zero-order valence-corrected chi connectivity index (χ0v) is 15.6. The first-order valence-corrected chi connectivity index (χ1v) is 11.3. The van der Waals surface area contributed by atoms with Gasteiger partial charge in [0.2, 0.25) is 10.0 Å². The second-order valence-electron chi connectivity index (χ2n) is 7.72. The van der Waals surface area contributed by atoms with Crippen molar-refractivity contribution in [2.24, 2.45) is 0 Å². The minimum Gasteiger partial charge on any atom is -0.315 e. The van der Waals surface area contributed by atoms with Crippen molar-refractivity contribution in [3.05, 3.63) is 29.8 Å². The molecule has 138 valence electrons. The summed E-state index contributed by atoms with van der Waals surface area (Å²) in [4.78, 5) is 2.66. The van der Waals surface area contributed by atoms with E-state index < -0.39 is 10.0 Å². The number of anilines is 1. The van der Waals surface area contributed by atoms with E-state index in [2.05, 4.69) is 27.1 Å². The van der Waals surface area contributed by atoms with E-state index in [1.54, 1.807) is 0 Å². The molecular formula is C19H29N3O2S. The first kappa shape index (κ1) is 17.3. The molecule has 3 aliphatic heterocycles. The largest absolute Gasteiger partial charge is 0.315 e. The monoisotopic (exact) mass is 363 g/mol. The zero-order valence-electron chi connectivity index (χ0n) is 14.8. The van der Waals surface area contributed by atoms with E-state index in [0.29, 0.717) is 18.3 Å². The number of benzene rings is 1. The van der Waals surface area contributed by atoms with Crippen LogP contribution in [0, 0.1) is 0 Å². The molecule has 4 rings (SSSR count). The van der Waals surface area contributed by atoms with Gasteiger partial charge in [0.1, 0.15) is 0 Å². The van der Waals surface area contributed by atoms with Crippen LogP contribution in [0.4, 0.5) is 5.69 Å². The first-order valence-electron chi connectivity index (χ1n) is 9.71. The Bertz CT molecular complexity index is 683. The van der Waals surface area contributed by atoms with Gasteiger partial charge in [-0.25, -0.2) is 8.42 Å². The molecule has 0 spiro atoms. The van der Waals surface area contributed by atoms with Gasteiger partial charge in [-0.05, 0) is 69.3 Å². The summed E-state index contributed by atoms with van der Waals surface area (Å²) in [6, 6.07) is 9.35. The second-order valence-corrected chi connectivity index (χ2v) is 9.68. The van der Waals surface area contributed by atoms with Crippen molar-refractivity contribution in [3.63, 3.8) is 0 Å². The fraction of sp³-hybridized carbons (Fsp3) is 0.684. The Kier molecular flexibility index (Phi) is 5.02. The molecule has 0 aromatic heterocycles. The SMILES string of the molecule is O=S(=O)(Nc1ccc([C@@H]2CC[C@H]3CCCCN32)cc1)C1CCCNC1. The fourth-order valence-electron chi connectivity index (χ4n) is 4.72. The van der Waals surface area contributed by atoms with Gasteiger partial charge in [0.25, 0.3) is 0 Å². The minimum absolute atomic E-state index is 0.329. The number of hydrogen-bond acceptors (Lipinski definition) is 4. The van der Waals surface area contributed by atoms with Crippen LogP contribution in [0.2, 0.25) is 0 Å². The highest BCUT2D eigenvalue weighted by Gasteiger charge is 2.35. The maximum absolute atomic E-state index is 12.5. The van der Waals surface area contributed by atoms with Gasteiger partial charge in [0, 0.05) is 24.3 Å². The summed E-state index contributed by atoms with van der Waals surface area (Å²) >= 11 is 0. The van der Waals surface area contributed by atoms with Crippen LogP contribution in [0.3, 0.4) is 0 Å². The molecular weight excluding hydrogens is 334 g/mol. The van der Waals surface area contributed by atoms with E-state index in [1.165, 1.54) is 44.2 Å². The summed E-state index contributed by atoms with van der Waals surface area (Å²) in [7, 11) is -3.31. The lowest BCUT2D eigenvalue weighted by molar-refractivity contribution is 0.150. The Morgan fingerprint density at radius 2 is 1.84 bits per heavy atom. The predicted molar refractivity (Wildman–Crippen MR) is 101 cm³/mol. The Morgan fingerprint density at radius 1 is 1.00 bits per heavy atom. The number of fused-ring (bicyclic) bond motifs is 1. The van der Waals surface area contributed by atoms with Crippen LogP contribution < -0.4 is 10.0 Å². The quantitative estimate of drug-likeness (QED) is 0.863. The summed E-state index contributed by atoms with van der Waals surface area (Å²) < 4.78 is 27.8. The van der Waals surface area contributed by atoms with Gasteiger partial charge in [-0.15, -0.1) is 0 Å². The van der Waals surface area contributed by atoms with E-state index in [9.17, 15) is 8.42 Å². The number of sulfonamides is 1. The molecule has 3 atom stereocenters. The van der Waals surface area contributed by atoms with Crippen LogP contribution in [0.1, 0.15) is 56.6 Å². The third-order valence-corrected chi connectivity index (χ3v) is 7.89. The Morgan fingerprint density at radius 3 is 2.60 bits per heavy atom. The minimum atomic E-state index is -3.31. The third-order valence-electron chi connectivity index (χ3n) is 6.09. The van der Waals surface area contributed by atoms with E-state index in [4.69, 9.17) is 0 Å². The molecule has 2 N–H and O–H groups in total. The Balaban J connectivity index is 1.43. The lowest BCUT2D eigenvalue weighted by Crippen LogP contribution is -2.41. The van der Waals surface area contributed by atoms with E-state index in [1.807, 2.05) is 12.1 Å². The molecule has 25 heavy (non-hydrogen) atoms. The average Bonchev–Trinajstić information content (AvgIpc) is 3.07. The Labute approximate surface area is 151 Å². The smallest absolute Gasteiger partial charge is 0.236 e. The standard InChI is InChI=1S/C19H29N3O2S/c23-25(24,18-5-3-12-20-14-18)21-16-8-6-15(7-9-16)19-11-10-17-4-1-2-13-22(17)19/h6-9,17-21H,1-5,10-14H2/t17-,18?,19+/m1/s1. The molecule has 1 aromatic carbocycles. The molecule has 3 heterocycles. The van der Waals surface area contributed by atoms with E-state index >= 15 is 0 Å². The van der Waals surface area contributed by atoms with Crippen molar-refractivity contribution in [1.82, 2.24) is 10.2 Å². The van der Waals surface area contributed by atoms with Crippen LogP contribution in [0.25, 0.3) is 0 Å². The summed E-state index contributed by atoms with van der Waals surface area (Å²) in [5.41, 5.74) is 2.01. The topological polar surface area (TPSA) is 61.4 Å². The highest BCUT2D eigenvalue weighted by atomic mass is 32.2. The summed E-state index contributed by atoms with van der Waals surface area (Å²) in [6.07, 6.45) is 8.19. The molecule has 3 fully saturated rings. The van der Waals surface area contributed by atoms with Gasteiger partial charge < -0.3 is 5.32 Å². The molecule has 0 saturated carbocycles.